The third-order valence-electron chi connectivity index (χ3n) is 6.91. The second-order valence-electron chi connectivity index (χ2n) is 9.88. The van der Waals surface area contributed by atoms with Crippen molar-refractivity contribution in [3.63, 3.8) is 0 Å². The molecule has 0 radical (unpaired) electrons. The van der Waals surface area contributed by atoms with E-state index in [2.05, 4.69) is 9.56 Å². The Bertz CT molecular complexity index is 1000. The maximum Gasteiger partial charge on any atom is 0.336 e. The van der Waals surface area contributed by atoms with Crippen LogP contribution in [0, 0.1) is 5.92 Å². The third-order valence-corrected chi connectivity index (χ3v) is 6.91. The Morgan fingerprint density at radius 1 is 0.921 bits per heavy atom. The molecule has 8 nitrogen and oxygen atoms in total. The zero-order valence-corrected chi connectivity index (χ0v) is 23.5. The molecule has 0 amide bonds. The molecular weight excluding hydrogens is 484 g/mol. The summed E-state index contributed by atoms with van der Waals surface area (Å²) in [6.07, 6.45) is 14.1. The van der Waals surface area contributed by atoms with Crippen LogP contribution in [-0.2, 0) is 30.4 Å². The van der Waals surface area contributed by atoms with Gasteiger partial charge >= 0.3 is 17.9 Å². The van der Waals surface area contributed by atoms with Gasteiger partial charge in [0.2, 0.25) is 0 Å². The van der Waals surface area contributed by atoms with E-state index >= 15 is 0 Å². The number of nitrogens with zero attached hydrogens (tertiary/aromatic N) is 2. The molecule has 2 heterocycles. The van der Waals surface area contributed by atoms with E-state index in [4.69, 9.17) is 14.6 Å². The minimum atomic E-state index is -0.707. The van der Waals surface area contributed by atoms with Crippen molar-refractivity contribution in [2.45, 2.75) is 104 Å². The van der Waals surface area contributed by atoms with Gasteiger partial charge in [-0.2, -0.15) is 0 Å². The molecule has 0 fully saturated rings. The fourth-order valence-electron chi connectivity index (χ4n) is 5.08. The topological polar surface area (TPSA) is 106 Å². The van der Waals surface area contributed by atoms with Crippen LogP contribution < -0.4 is 4.57 Å². The first-order valence-electron chi connectivity index (χ1n) is 14.1. The van der Waals surface area contributed by atoms with E-state index in [9.17, 15) is 14.4 Å². The highest BCUT2D eigenvalue weighted by Crippen LogP contribution is 2.39. The Kier molecular flexibility index (Phi) is 13.7. The zero-order valence-electron chi connectivity index (χ0n) is 23.5. The van der Waals surface area contributed by atoms with Gasteiger partial charge in [-0.1, -0.05) is 38.5 Å². The number of aliphatic carboxylic acids is 1. The van der Waals surface area contributed by atoms with E-state index in [-0.39, 0.29) is 25.6 Å². The molecule has 8 heteroatoms. The number of hydrogen-bond donors (Lipinski definition) is 1. The molecule has 0 spiro atoms. The first-order valence-corrected chi connectivity index (χ1v) is 14.1. The molecular formula is C30H45N2O6+. The maximum atomic E-state index is 13.0. The van der Waals surface area contributed by atoms with Crippen molar-refractivity contribution in [2.75, 3.05) is 13.2 Å². The molecule has 0 aliphatic carbocycles. The zero-order chi connectivity index (χ0) is 27.9. The number of esters is 2. The van der Waals surface area contributed by atoms with Crippen molar-refractivity contribution in [1.29, 1.82) is 0 Å². The van der Waals surface area contributed by atoms with Crippen LogP contribution >= 0.6 is 0 Å². The minimum Gasteiger partial charge on any atom is -0.481 e. The van der Waals surface area contributed by atoms with E-state index in [0.717, 1.165) is 50.6 Å². The van der Waals surface area contributed by atoms with Crippen molar-refractivity contribution in [3.05, 3.63) is 41.4 Å². The lowest BCUT2D eigenvalue weighted by Crippen LogP contribution is -2.39. The summed E-state index contributed by atoms with van der Waals surface area (Å²) < 4.78 is 12.9. The Balaban J connectivity index is 2.00. The molecule has 0 bridgehead atoms. The number of carbonyl (C=O) groups is 3. The van der Waals surface area contributed by atoms with Crippen LogP contribution in [0.15, 0.2) is 40.8 Å². The van der Waals surface area contributed by atoms with Gasteiger partial charge in [0.25, 0.3) is 0 Å². The Morgan fingerprint density at radius 2 is 1.53 bits per heavy atom. The predicted octanol–water partition coefficient (Wildman–Crippen LogP) is 5.53. The fraction of sp³-hybridized carbons (Fsp3) is 0.633. The summed E-state index contributed by atoms with van der Waals surface area (Å²) in [5, 5.41) is 8.68. The van der Waals surface area contributed by atoms with Gasteiger partial charge in [0.05, 0.1) is 18.8 Å². The Labute approximate surface area is 227 Å². The second-order valence-corrected chi connectivity index (χ2v) is 9.88. The molecule has 2 atom stereocenters. The van der Waals surface area contributed by atoms with Crippen molar-refractivity contribution < 1.29 is 33.5 Å². The van der Waals surface area contributed by atoms with Gasteiger partial charge in [-0.05, 0) is 46.6 Å². The number of rotatable bonds is 17. The van der Waals surface area contributed by atoms with Crippen LogP contribution in [-0.4, -0.2) is 41.9 Å². The summed E-state index contributed by atoms with van der Waals surface area (Å²) in [5.74, 6) is -2.74. The third kappa shape index (κ3) is 9.69. The van der Waals surface area contributed by atoms with Crippen molar-refractivity contribution in [1.82, 2.24) is 0 Å². The smallest absolute Gasteiger partial charge is 0.336 e. The number of aromatic nitrogens is 1. The molecule has 1 aliphatic heterocycles. The van der Waals surface area contributed by atoms with Gasteiger partial charge in [0.15, 0.2) is 12.4 Å². The first-order chi connectivity index (χ1) is 18.3. The highest BCUT2D eigenvalue weighted by Gasteiger charge is 2.43. The lowest BCUT2D eigenvalue weighted by Gasteiger charge is -2.30. The van der Waals surface area contributed by atoms with Gasteiger partial charge in [0, 0.05) is 41.8 Å². The van der Waals surface area contributed by atoms with E-state index in [1.54, 1.807) is 20.8 Å². The fourth-order valence-corrected chi connectivity index (χ4v) is 5.08. The van der Waals surface area contributed by atoms with Crippen molar-refractivity contribution in [3.8, 4) is 0 Å². The monoisotopic (exact) mass is 529 g/mol. The maximum absolute atomic E-state index is 13.0. The van der Waals surface area contributed by atoms with Crippen LogP contribution in [0.2, 0.25) is 0 Å². The average molecular weight is 530 g/mol. The normalized spacial score (nSPS) is 17.2. The first kappa shape index (κ1) is 31.2. The molecule has 1 aromatic heterocycles. The standard InChI is InChI=1S/C30H44N2O6/c1-5-37-29(35)26-22(3)31-23(4)27(30(36)38-6-2)28(26)24-17-16-20-32(21-24)19-15-13-11-9-7-8-10-12-14-18-25(33)34/h16-17,20-21,26,28H,5-15,18-19H2,1-4H3/p+1. The number of carboxylic acid groups (broad SMARTS) is 1. The molecule has 1 aliphatic rings. The summed E-state index contributed by atoms with van der Waals surface area (Å²) in [4.78, 5) is 41.1. The molecule has 210 valence electrons. The van der Waals surface area contributed by atoms with Gasteiger partial charge in [0.1, 0.15) is 12.5 Å². The number of hydrogen-bond acceptors (Lipinski definition) is 6. The average Bonchev–Trinajstić information content (AvgIpc) is 2.87. The van der Waals surface area contributed by atoms with E-state index in [0.29, 0.717) is 17.0 Å². The lowest BCUT2D eigenvalue weighted by molar-refractivity contribution is -0.697. The number of aryl methyl sites for hydroxylation is 1. The largest absolute Gasteiger partial charge is 0.481 e. The Morgan fingerprint density at radius 3 is 2.13 bits per heavy atom. The van der Waals surface area contributed by atoms with E-state index in [1.807, 2.05) is 31.5 Å². The van der Waals surface area contributed by atoms with Crippen LogP contribution in [0.4, 0.5) is 0 Å². The molecule has 1 aromatic rings. The van der Waals surface area contributed by atoms with Gasteiger partial charge in [-0.25, -0.2) is 9.36 Å². The van der Waals surface area contributed by atoms with Gasteiger partial charge in [-0.15, -0.1) is 0 Å². The molecule has 1 N–H and O–H groups in total. The predicted molar refractivity (Wildman–Crippen MR) is 146 cm³/mol. The SMILES string of the molecule is CCOC(=O)C1=C(C)N=C(C)C(C(=O)OCC)C1c1ccc[n+](CCCCCCCCCCCC(=O)O)c1. The van der Waals surface area contributed by atoms with E-state index in [1.165, 1.54) is 19.3 Å². The summed E-state index contributed by atoms with van der Waals surface area (Å²) in [5.41, 5.74) is 2.49. The Hall–Kier alpha value is -3.03. The van der Waals surface area contributed by atoms with E-state index < -0.39 is 23.8 Å². The number of allylic oxidation sites excluding steroid dienone is 1. The quantitative estimate of drug-likeness (QED) is 0.161. The van der Waals surface area contributed by atoms with Crippen LogP contribution in [0.25, 0.3) is 0 Å². The number of aliphatic imine (C=N–C) groups is 1. The van der Waals surface area contributed by atoms with Gasteiger partial charge < -0.3 is 14.6 Å². The van der Waals surface area contributed by atoms with Crippen LogP contribution in [0.1, 0.15) is 103 Å². The molecule has 38 heavy (non-hydrogen) atoms. The molecule has 2 unspecified atom stereocenters. The molecule has 2 rings (SSSR count). The summed E-state index contributed by atoms with van der Waals surface area (Å²) in [7, 11) is 0. The lowest BCUT2D eigenvalue weighted by atomic mass is 9.76. The number of ether oxygens (including phenoxy) is 2. The number of pyridine rings is 1. The van der Waals surface area contributed by atoms with Crippen molar-refractivity contribution >= 4 is 23.6 Å². The second kappa shape index (κ2) is 16.7. The minimum absolute atomic E-state index is 0.245. The number of carboxylic acids is 1. The summed E-state index contributed by atoms with van der Waals surface area (Å²) >= 11 is 0. The summed E-state index contributed by atoms with van der Waals surface area (Å²) in [6, 6.07) is 3.91. The van der Waals surface area contributed by atoms with Crippen LogP contribution in [0.3, 0.4) is 0 Å². The number of carbonyl (C=O) groups excluding carboxylic acids is 2. The number of unbranched alkanes of at least 4 members (excludes halogenated alkanes) is 8. The highest BCUT2D eigenvalue weighted by atomic mass is 16.5. The highest BCUT2D eigenvalue weighted by molar-refractivity contribution is 6.06. The molecule has 0 saturated carbocycles. The molecule has 0 saturated heterocycles. The van der Waals surface area contributed by atoms with Crippen LogP contribution in [0.5, 0.6) is 0 Å². The summed E-state index contributed by atoms with van der Waals surface area (Å²) in [6.45, 7) is 8.49. The van der Waals surface area contributed by atoms with Crippen molar-refractivity contribution in [2.24, 2.45) is 10.9 Å². The molecule has 0 aromatic carbocycles. The van der Waals surface area contributed by atoms with Gasteiger partial charge in [-0.3, -0.25) is 14.6 Å².